The molecular formula is C9H15BrN2O3S. The van der Waals surface area contributed by atoms with Gasteiger partial charge in [0.15, 0.2) is 4.67 Å². The number of hydrogen-bond donors (Lipinski definition) is 2. The maximum absolute atomic E-state index is 11.1. The maximum atomic E-state index is 11.1. The highest BCUT2D eigenvalue weighted by Crippen LogP contribution is 2.19. The van der Waals surface area contributed by atoms with Gasteiger partial charge < -0.3 is 9.73 Å². The van der Waals surface area contributed by atoms with Crippen LogP contribution in [0.1, 0.15) is 18.7 Å². The minimum Gasteiger partial charge on any atom is -0.453 e. The number of sulfonamides is 1. The van der Waals surface area contributed by atoms with Crippen LogP contribution in [-0.4, -0.2) is 27.8 Å². The van der Waals surface area contributed by atoms with E-state index in [1.807, 2.05) is 13.0 Å². The van der Waals surface area contributed by atoms with E-state index in [-0.39, 0.29) is 11.8 Å². The normalized spacial score (nSPS) is 13.9. The molecule has 0 aromatic carbocycles. The number of furan rings is 1. The zero-order valence-corrected chi connectivity index (χ0v) is 11.6. The molecule has 1 aromatic rings. The van der Waals surface area contributed by atoms with Crippen molar-refractivity contribution < 1.29 is 12.8 Å². The van der Waals surface area contributed by atoms with Gasteiger partial charge >= 0.3 is 0 Å². The first-order valence-corrected chi connectivity index (χ1v) is 7.29. The highest BCUT2D eigenvalue weighted by Gasteiger charge is 2.11. The Morgan fingerprint density at radius 3 is 2.69 bits per heavy atom. The van der Waals surface area contributed by atoms with E-state index in [1.165, 1.54) is 7.05 Å². The molecule has 0 spiro atoms. The van der Waals surface area contributed by atoms with Crippen LogP contribution in [0, 0.1) is 0 Å². The minimum absolute atomic E-state index is 0.0154. The summed E-state index contributed by atoms with van der Waals surface area (Å²) in [4.78, 5) is 0. The summed E-state index contributed by atoms with van der Waals surface area (Å²) in [6, 6.07) is 3.63. The first-order valence-electron chi connectivity index (χ1n) is 4.84. The predicted molar refractivity (Wildman–Crippen MR) is 65.7 cm³/mol. The van der Waals surface area contributed by atoms with Gasteiger partial charge in [-0.3, -0.25) is 0 Å². The molecule has 0 aliphatic heterocycles. The van der Waals surface area contributed by atoms with Gasteiger partial charge in [-0.1, -0.05) is 0 Å². The van der Waals surface area contributed by atoms with Gasteiger partial charge in [0.2, 0.25) is 10.0 Å². The summed E-state index contributed by atoms with van der Waals surface area (Å²) in [7, 11) is -1.74. The van der Waals surface area contributed by atoms with Crippen LogP contribution >= 0.6 is 15.9 Å². The first kappa shape index (κ1) is 13.7. The van der Waals surface area contributed by atoms with E-state index in [0.717, 1.165) is 5.76 Å². The van der Waals surface area contributed by atoms with Crippen molar-refractivity contribution in [3.05, 3.63) is 22.6 Å². The summed E-state index contributed by atoms with van der Waals surface area (Å²) in [5.74, 6) is 0.823. The van der Waals surface area contributed by atoms with Crippen LogP contribution in [0.5, 0.6) is 0 Å². The van der Waals surface area contributed by atoms with Crippen LogP contribution in [0.15, 0.2) is 21.2 Å². The Hall–Kier alpha value is -0.370. The summed E-state index contributed by atoms with van der Waals surface area (Å²) >= 11 is 3.21. The number of nitrogens with one attached hydrogen (secondary N) is 2. The summed E-state index contributed by atoms with van der Waals surface area (Å²) in [5.41, 5.74) is 0. The molecule has 7 heteroatoms. The van der Waals surface area contributed by atoms with Crippen LogP contribution < -0.4 is 10.0 Å². The standard InChI is InChI=1S/C9H15BrN2O3S/c1-7(8-3-4-9(10)15-8)12-5-6-16(13,14)11-2/h3-4,7,11-12H,5-6H2,1-2H3. The SMILES string of the molecule is CNS(=O)(=O)CCNC(C)c1ccc(Br)o1. The molecule has 92 valence electrons. The highest BCUT2D eigenvalue weighted by atomic mass is 79.9. The lowest BCUT2D eigenvalue weighted by Gasteiger charge is -2.10. The molecule has 16 heavy (non-hydrogen) atoms. The van der Waals surface area contributed by atoms with Gasteiger partial charge in [-0.05, 0) is 42.0 Å². The highest BCUT2D eigenvalue weighted by molar-refractivity contribution is 9.10. The zero-order valence-electron chi connectivity index (χ0n) is 9.16. The predicted octanol–water partition coefficient (Wildman–Crippen LogP) is 1.24. The average Bonchev–Trinajstić information content (AvgIpc) is 2.64. The molecule has 1 rings (SSSR count). The maximum Gasteiger partial charge on any atom is 0.212 e. The molecule has 0 radical (unpaired) electrons. The van der Waals surface area contributed by atoms with E-state index < -0.39 is 10.0 Å². The van der Waals surface area contributed by atoms with E-state index in [1.54, 1.807) is 6.07 Å². The smallest absolute Gasteiger partial charge is 0.212 e. The van der Waals surface area contributed by atoms with E-state index in [4.69, 9.17) is 4.42 Å². The van der Waals surface area contributed by atoms with Crippen molar-refractivity contribution in [3.8, 4) is 0 Å². The van der Waals surface area contributed by atoms with Gasteiger partial charge in [-0.25, -0.2) is 13.1 Å². The Balaban J connectivity index is 2.39. The third-order valence-corrected chi connectivity index (χ3v) is 3.94. The van der Waals surface area contributed by atoms with Gasteiger partial charge in [-0.15, -0.1) is 0 Å². The van der Waals surface area contributed by atoms with Crippen molar-refractivity contribution in [1.29, 1.82) is 0 Å². The fourth-order valence-electron chi connectivity index (χ4n) is 1.17. The second-order valence-electron chi connectivity index (χ2n) is 3.34. The monoisotopic (exact) mass is 310 g/mol. The van der Waals surface area contributed by atoms with Crippen molar-refractivity contribution in [2.45, 2.75) is 13.0 Å². The molecule has 0 fully saturated rings. The molecule has 2 N–H and O–H groups in total. The van der Waals surface area contributed by atoms with Gasteiger partial charge in [0.05, 0.1) is 11.8 Å². The Bertz CT molecular complexity index is 430. The molecule has 0 bridgehead atoms. The Morgan fingerprint density at radius 2 is 2.19 bits per heavy atom. The lowest BCUT2D eigenvalue weighted by atomic mass is 10.2. The number of halogens is 1. The fourth-order valence-corrected chi connectivity index (χ4v) is 2.08. The van der Waals surface area contributed by atoms with Crippen LogP contribution in [0.4, 0.5) is 0 Å². The summed E-state index contributed by atoms with van der Waals surface area (Å²) < 4.78 is 30.5. The van der Waals surface area contributed by atoms with Crippen molar-refractivity contribution in [3.63, 3.8) is 0 Å². The molecule has 0 amide bonds. The topological polar surface area (TPSA) is 71.3 Å². The summed E-state index contributed by atoms with van der Waals surface area (Å²) in [6.07, 6.45) is 0. The van der Waals surface area contributed by atoms with Gasteiger partial charge in [0, 0.05) is 6.54 Å². The lowest BCUT2D eigenvalue weighted by Crippen LogP contribution is -2.30. The lowest BCUT2D eigenvalue weighted by molar-refractivity contribution is 0.423. The molecule has 1 aromatic heterocycles. The van der Waals surface area contributed by atoms with Crippen LogP contribution in [0.25, 0.3) is 0 Å². The van der Waals surface area contributed by atoms with E-state index in [9.17, 15) is 8.42 Å². The zero-order chi connectivity index (χ0) is 12.2. The molecule has 0 saturated heterocycles. The van der Waals surface area contributed by atoms with E-state index >= 15 is 0 Å². The molecule has 5 nitrogen and oxygen atoms in total. The van der Waals surface area contributed by atoms with Gasteiger partial charge in [0.1, 0.15) is 5.76 Å². The van der Waals surface area contributed by atoms with Gasteiger partial charge in [0.25, 0.3) is 0 Å². The van der Waals surface area contributed by atoms with Crippen molar-refractivity contribution in [2.24, 2.45) is 0 Å². The van der Waals surface area contributed by atoms with Crippen molar-refractivity contribution in [1.82, 2.24) is 10.0 Å². The van der Waals surface area contributed by atoms with E-state index in [0.29, 0.717) is 11.2 Å². The Morgan fingerprint density at radius 1 is 1.50 bits per heavy atom. The fraction of sp³-hybridized carbons (Fsp3) is 0.556. The molecule has 1 unspecified atom stereocenters. The Kier molecular flexibility index (Phi) is 4.97. The molecular weight excluding hydrogens is 296 g/mol. The quantitative estimate of drug-likeness (QED) is 0.829. The van der Waals surface area contributed by atoms with Crippen LogP contribution in [0.3, 0.4) is 0 Å². The Labute approximate surface area is 104 Å². The number of hydrogen-bond acceptors (Lipinski definition) is 4. The van der Waals surface area contributed by atoms with Crippen LogP contribution in [0.2, 0.25) is 0 Å². The van der Waals surface area contributed by atoms with Gasteiger partial charge in [-0.2, -0.15) is 0 Å². The molecule has 0 aliphatic rings. The van der Waals surface area contributed by atoms with Crippen molar-refractivity contribution >= 4 is 26.0 Å². The third kappa shape index (κ3) is 4.25. The largest absolute Gasteiger partial charge is 0.453 e. The van der Waals surface area contributed by atoms with Crippen molar-refractivity contribution in [2.75, 3.05) is 19.3 Å². The first-order chi connectivity index (χ1) is 7.44. The second-order valence-corrected chi connectivity index (χ2v) is 6.17. The second kappa shape index (κ2) is 5.81. The van der Waals surface area contributed by atoms with E-state index in [2.05, 4.69) is 26.0 Å². The number of rotatable bonds is 6. The third-order valence-electron chi connectivity index (χ3n) is 2.15. The molecule has 0 saturated carbocycles. The molecule has 1 heterocycles. The summed E-state index contributed by atoms with van der Waals surface area (Å²) in [6.45, 7) is 2.29. The van der Waals surface area contributed by atoms with Crippen LogP contribution in [-0.2, 0) is 10.0 Å². The minimum atomic E-state index is -3.14. The molecule has 1 atom stereocenters. The summed E-state index contributed by atoms with van der Waals surface area (Å²) in [5, 5.41) is 3.07. The molecule has 0 aliphatic carbocycles. The average molecular weight is 311 g/mol.